The minimum absolute atomic E-state index is 0.233. The first-order valence-corrected chi connectivity index (χ1v) is 9.17. The molecule has 3 N–H and O–H groups in total. The summed E-state index contributed by atoms with van der Waals surface area (Å²) in [6.45, 7) is 0. The predicted molar refractivity (Wildman–Crippen MR) is 112 cm³/mol. The Morgan fingerprint density at radius 1 is 0.906 bits per heavy atom. The molecule has 3 aromatic rings. The third-order valence-electron chi connectivity index (χ3n) is 4.67. The van der Waals surface area contributed by atoms with Crippen LogP contribution in [0.25, 0.3) is 5.69 Å². The van der Waals surface area contributed by atoms with E-state index < -0.39 is 41.3 Å². The Labute approximate surface area is 177 Å². The number of nitrogens with one attached hydrogen (secondary N) is 3. The third kappa shape index (κ3) is 3.69. The minimum atomic E-state index is -0.894. The molecule has 0 atom stereocenters. The fraction of sp³-hybridized carbons (Fsp3) is 0.105. The van der Waals surface area contributed by atoms with E-state index in [0.29, 0.717) is 11.4 Å². The number of aromatic nitrogens is 4. The summed E-state index contributed by atoms with van der Waals surface area (Å²) < 4.78 is 2.33. The van der Waals surface area contributed by atoms with Gasteiger partial charge >= 0.3 is 23.1 Å². The predicted octanol–water partition coefficient (Wildman–Crippen LogP) is -0.724. The van der Waals surface area contributed by atoms with Gasteiger partial charge in [0.15, 0.2) is 0 Å². The first kappa shape index (κ1) is 20.5. The highest BCUT2D eigenvalue weighted by Gasteiger charge is 2.33. The lowest BCUT2D eigenvalue weighted by Crippen LogP contribution is -2.53. The molecule has 0 unspecified atom stereocenters. The number of anilines is 1. The first-order valence-electron chi connectivity index (χ1n) is 9.17. The van der Waals surface area contributed by atoms with Crippen molar-refractivity contribution in [3.8, 4) is 5.69 Å². The zero-order chi connectivity index (χ0) is 23.0. The minimum Gasteiger partial charge on any atom is -0.329 e. The fourth-order valence-corrected chi connectivity index (χ4v) is 3.14. The van der Waals surface area contributed by atoms with Crippen LogP contribution in [-0.2, 0) is 16.6 Å². The molecule has 1 fully saturated rings. The molecule has 4 rings (SSSR count). The second-order valence-corrected chi connectivity index (χ2v) is 6.73. The number of nitrogens with zero attached hydrogens (tertiary/aromatic N) is 4. The number of hydrogen-bond acceptors (Lipinski definition) is 7. The molecule has 0 saturated carbocycles. The molecule has 1 saturated heterocycles. The lowest BCUT2D eigenvalue weighted by atomic mass is 10.3. The first-order chi connectivity index (χ1) is 15.2. The van der Waals surface area contributed by atoms with E-state index in [-0.39, 0.29) is 11.5 Å². The Hall–Kier alpha value is -4.81. The van der Waals surface area contributed by atoms with Crippen LogP contribution in [0, 0.1) is 0 Å². The highest BCUT2D eigenvalue weighted by molar-refractivity contribution is 6.26. The van der Waals surface area contributed by atoms with Gasteiger partial charge in [0.05, 0.1) is 23.3 Å². The highest BCUT2D eigenvalue weighted by Crippen LogP contribution is 2.21. The molecule has 0 spiro atoms. The van der Waals surface area contributed by atoms with Crippen molar-refractivity contribution >= 4 is 35.6 Å². The van der Waals surface area contributed by atoms with Gasteiger partial charge in [-0.1, -0.05) is 0 Å². The summed E-state index contributed by atoms with van der Waals surface area (Å²) in [4.78, 5) is 79.5. The van der Waals surface area contributed by atoms with Crippen LogP contribution < -0.4 is 27.3 Å². The van der Waals surface area contributed by atoms with Gasteiger partial charge in [0.25, 0.3) is 0 Å². The number of carbonyl (C=O) groups excluding carboxylic acids is 3. The summed E-state index contributed by atoms with van der Waals surface area (Å²) >= 11 is 0. The van der Waals surface area contributed by atoms with Crippen molar-refractivity contribution in [3.05, 3.63) is 73.5 Å². The summed E-state index contributed by atoms with van der Waals surface area (Å²) in [5.41, 5.74) is -1.35. The average Bonchev–Trinajstić information content (AvgIpc) is 3.06. The second-order valence-electron chi connectivity index (χ2n) is 6.73. The summed E-state index contributed by atoms with van der Waals surface area (Å²) in [5, 5.41) is 2.09. The van der Waals surface area contributed by atoms with Crippen LogP contribution in [0.4, 0.5) is 16.3 Å². The third-order valence-corrected chi connectivity index (χ3v) is 4.67. The van der Waals surface area contributed by atoms with Gasteiger partial charge in [-0.25, -0.2) is 28.6 Å². The molecule has 0 radical (unpaired) electrons. The summed E-state index contributed by atoms with van der Waals surface area (Å²) in [6, 6.07) is 8.44. The van der Waals surface area contributed by atoms with E-state index in [1.54, 1.807) is 35.9 Å². The molecule has 4 amide bonds. The molecule has 1 aliphatic heterocycles. The Bertz CT molecular complexity index is 1400. The smallest absolute Gasteiger partial charge is 0.329 e. The van der Waals surface area contributed by atoms with Gasteiger partial charge in [-0.15, -0.1) is 0 Å². The van der Waals surface area contributed by atoms with E-state index in [2.05, 4.69) is 10.3 Å². The maximum Gasteiger partial charge on any atom is 0.338 e. The number of carbonyl (C=O) groups is 3. The van der Waals surface area contributed by atoms with Crippen LogP contribution in [-0.4, -0.2) is 43.2 Å². The number of H-pyrrole nitrogens is 2. The molecule has 3 heterocycles. The SMILES string of the molecule is Cn1c(C=Nc2ccc(-n3c(=O)[nH]c(=O)[nH]c3=O)cc2)ccc1N1C(=O)CC(=O)NC1=O. The van der Waals surface area contributed by atoms with Gasteiger partial charge in [0, 0.05) is 7.05 Å². The Morgan fingerprint density at radius 2 is 1.56 bits per heavy atom. The number of barbiturate groups is 1. The lowest BCUT2D eigenvalue weighted by Gasteiger charge is -2.24. The normalized spacial score (nSPS) is 14.3. The molecule has 1 aromatic carbocycles. The van der Waals surface area contributed by atoms with Gasteiger partial charge in [-0.2, -0.15) is 0 Å². The van der Waals surface area contributed by atoms with Crippen molar-refractivity contribution in [3.63, 3.8) is 0 Å². The summed E-state index contributed by atoms with van der Waals surface area (Å²) in [6.07, 6.45) is 1.07. The number of benzene rings is 1. The fourth-order valence-electron chi connectivity index (χ4n) is 3.14. The summed E-state index contributed by atoms with van der Waals surface area (Å²) in [7, 11) is 1.63. The molecular weight excluding hydrogens is 422 g/mol. The monoisotopic (exact) mass is 437 g/mol. The number of hydrogen-bond donors (Lipinski definition) is 3. The van der Waals surface area contributed by atoms with Crippen molar-refractivity contribution in [1.82, 2.24) is 24.4 Å². The van der Waals surface area contributed by atoms with Crippen LogP contribution >= 0.6 is 0 Å². The molecule has 0 aliphatic carbocycles. The van der Waals surface area contributed by atoms with E-state index in [1.165, 1.54) is 18.3 Å². The van der Waals surface area contributed by atoms with Gasteiger partial charge in [-0.3, -0.25) is 29.9 Å². The second kappa shape index (κ2) is 7.79. The molecule has 13 heteroatoms. The van der Waals surface area contributed by atoms with Crippen molar-refractivity contribution in [1.29, 1.82) is 0 Å². The van der Waals surface area contributed by atoms with Gasteiger partial charge in [0.1, 0.15) is 12.2 Å². The standard InChI is InChI=1S/C19H15N7O6/c1-24-12(6-7-14(24)26-15(28)8-13(27)21-17(26)30)9-20-10-2-4-11(5-3-10)25-18(31)22-16(29)23-19(25)32/h2-7,9H,8H2,1H3,(H,21,27,30)(H2,22,23,29,31,32). The van der Waals surface area contributed by atoms with Gasteiger partial charge < -0.3 is 4.57 Å². The number of aliphatic imine (C=N–C) groups is 1. The Morgan fingerprint density at radius 3 is 2.19 bits per heavy atom. The maximum absolute atomic E-state index is 12.1. The average molecular weight is 437 g/mol. The molecular formula is C19H15N7O6. The van der Waals surface area contributed by atoms with Crippen LogP contribution in [0.1, 0.15) is 12.1 Å². The van der Waals surface area contributed by atoms with Gasteiger partial charge in [-0.05, 0) is 36.4 Å². The topological polar surface area (TPSA) is 171 Å². The van der Waals surface area contributed by atoms with Crippen LogP contribution in [0.3, 0.4) is 0 Å². The van der Waals surface area contributed by atoms with Crippen molar-refractivity contribution in [2.45, 2.75) is 6.42 Å². The van der Waals surface area contributed by atoms with E-state index in [4.69, 9.17) is 0 Å². The van der Waals surface area contributed by atoms with E-state index >= 15 is 0 Å². The van der Waals surface area contributed by atoms with Crippen molar-refractivity contribution in [2.75, 3.05) is 4.90 Å². The van der Waals surface area contributed by atoms with Crippen molar-refractivity contribution < 1.29 is 14.4 Å². The Balaban J connectivity index is 1.57. The van der Waals surface area contributed by atoms with E-state index in [0.717, 1.165) is 9.47 Å². The zero-order valence-electron chi connectivity index (χ0n) is 16.5. The number of rotatable bonds is 4. The lowest BCUT2D eigenvalue weighted by molar-refractivity contribution is -0.128. The van der Waals surface area contributed by atoms with Crippen molar-refractivity contribution in [2.24, 2.45) is 12.0 Å². The number of amides is 4. The molecule has 0 bridgehead atoms. The van der Waals surface area contributed by atoms with E-state index in [1.807, 2.05) is 9.97 Å². The molecule has 2 aromatic heterocycles. The number of aromatic amines is 2. The van der Waals surface area contributed by atoms with Crippen LogP contribution in [0.15, 0.2) is 55.8 Å². The summed E-state index contributed by atoms with van der Waals surface area (Å²) in [5.74, 6) is -1.01. The van der Waals surface area contributed by atoms with E-state index in [9.17, 15) is 28.8 Å². The van der Waals surface area contributed by atoms with Crippen LogP contribution in [0.5, 0.6) is 0 Å². The molecule has 1 aliphatic rings. The van der Waals surface area contributed by atoms with Crippen LogP contribution in [0.2, 0.25) is 0 Å². The number of imide groups is 2. The number of urea groups is 1. The quantitative estimate of drug-likeness (QED) is 0.359. The molecule has 32 heavy (non-hydrogen) atoms. The largest absolute Gasteiger partial charge is 0.338 e. The maximum atomic E-state index is 12.1. The Kier molecular flexibility index (Phi) is 4.98. The zero-order valence-corrected chi connectivity index (χ0v) is 16.5. The molecule has 13 nitrogen and oxygen atoms in total. The van der Waals surface area contributed by atoms with Gasteiger partial charge in [0.2, 0.25) is 11.8 Å². The highest BCUT2D eigenvalue weighted by atomic mass is 16.2. The molecule has 162 valence electrons.